The van der Waals surface area contributed by atoms with Gasteiger partial charge >= 0.3 is 6.09 Å². The second kappa shape index (κ2) is 5.13. The Bertz CT molecular complexity index is 480. The van der Waals surface area contributed by atoms with Crippen molar-refractivity contribution in [1.82, 2.24) is 9.47 Å². The first-order valence-corrected chi connectivity index (χ1v) is 7.03. The largest absolute Gasteiger partial charge is 0.444 e. The van der Waals surface area contributed by atoms with Crippen LogP contribution in [0.5, 0.6) is 0 Å². The predicted octanol–water partition coefficient (Wildman–Crippen LogP) is 2.24. The van der Waals surface area contributed by atoms with Crippen LogP contribution in [0.4, 0.5) is 4.79 Å². The lowest BCUT2D eigenvalue weighted by molar-refractivity contribution is -0.0396. The number of carbonyl (C=O) groups is 1. The fourth-order valence-electron chi connectivity index (χ4n) is 2.59. The molecular weight excluding hydrogens is 256 g/mol. The minimum Gasteiger partial charge on any atom is -0.444 e. The fourth-order valence-corrected chi connectivity index (χ4v) is 2.59. The third-order valence-electron chi connectivity index (χ3n) is 3.66. The Morgan fingerprint density at radius 2 is 1.95 bits per heavy atom. The van der Waals surface area contributed by atoms with Crippen LogP contribution in [-0.4, -0.2) is 39.4 Å². The van der Waals surface area contributed by atoms with Gasteiger partial charge in [-0.15, -0.1) is 0 Å². The highest BCUT2D eigenvalue weighted by atomic mass is 16.6. The second-order valence-electron chi connectivity index (χ2n) is 6.50. The van der Waals surface area contributed by atoms with Crippen LogP contribution in [0.2, 0.25) is 0 Å². The zero-order valence-corrected chi connectivity index (χ0v) is 12.7. The van der Waals surface area contributed by atoms with E-state index in [1.54, 1.807) is 4.90 Å². The molecule has 0 spiro atoms. The third kappa shape index (κ3) is 3.15. The zero-order chi connectivity index (χ0) is 15.0. The topological polar surface area (TPSA) is 54.7 Å². The summed E-state index contributed by atoms with van der Waals surface area (Å²) in [7, 11) is 1.92. The number of piperidine rings is 1. The number of aryl methyl sites for hydroxylation is 1. The Morgan fingerprint density at radius 3 is 2.40 bits per heavy atom. The van der Waals surface area contributed by atoms with Crippen LogP contribution >= 0.6 is 0 Å². The summed E-state index contributed by atoms with van der Waals surface area (Å²) in [6, 6.07) is 3.86. The Balaban J connectivity index is 1.99. The lowest BCUT2D eigenvalue weighted by atomic mass is 9.88. The molecule has 5 nitrogen and oxygen atoms in total. The first kappa shape index (κ1) is 14.9. The second-order valence-corrected chi connectivity index (χ2v) is 6.50. The lowest BCUT2D eigenvalue weighted by Crippen LogP contribution is -2.47. The number of nitrogens with zero attached hydrogens (tertiary/aromatic N) is 2. The van der Waals surface area contributed by atoms with Crippen molar-refractivity contribution >= 4 is 6.09 Å². The summed E-state index contributed by atoms with van der Waals surface area (Å²) in [5, 5.41) is 10.7. The highest BCUT2D eigenvalue weighted by Gasteiger charge is 2.37. The molecule has 1 aliphatic heterocycles. The smallest absolute Gasteiger partial charge is 0.410 e. The maximum atomic E-state index is 12.0. The van der Waals surface area contributed by atoms with E-state index in [4.69, 9.17) is 4.74 Å². The van der Waals surface area contributed by atoms with Crippen LogP contribution in [-0.2, 0) is 17.4 Å². The normalized spacial score (nSPS) is 18.9. The molecule has 2 rings (SSSR count). The molecule has 2 heterocycles. The summed E-state index contributed by atoms with van der Waals surface area (Å²) in [5.74, 6) is 0. The van der Waals surface area contributed by atoms with E-state index in [-0.39, 0.29) is 6.09 Å². The molecule has 0 bridgehead atoms. The molecule has 1 N–H and O–H groups in total. The average molecular weight is 280 g/mol. The molecule has 0 atom stereocenters. The Hall–Kier alpha value is -1.49. The Morgan fingerprint density at radius 1 is 1.35 bits per heavy atom. The van der Waals surface area contributed by atoms with Gasteiger partial charge in [0.15, 0.2) is 0 Å². The number of aliphatic hydroxyl groups is 1. The molecule has 1 amide bonds. The molecule has 0 aromatic carbocycles. The minimum absolute atomic E-state index is 0.300. The van der Waals surface area contributed by atoms with Gasteiger partial charge in [0, 0.05) is 32.0 Å². The van der Waals surface area contributed by atoms with Gasteiger partial charge in [-0.2, -0.15) is 0 Å². The summed E-state index contributed by atoms with van der Waals surface area (Å²) in [5.41, 5.74) is -0.430. The van der Waals surface area contributed by atoms with Crippen molar-refractivity contribution in [2.45, 2.75) is 44.8 Å². The molecule has 1 aliphatic rings. The first-order chi connectivity index (χ1) is 9.21. The van der Waals surface area contributed by atoms with E-state index in [0.29, 0.717) is 25.9 Å². The number of aromatic nitrogens is 1. The van der Waals surface area contributed by atoms with Crippen LogP contribution < -0.4 is 0 Å². The van der Waals surface area contributed by atoms with Crippen molar-refractivity contribution in [3.63, 3.8) is 0 Å². The fraction of sp³-hybridized carbons (Fsp3) is 0.667. The quantitative estimate of drug-likeness (QED) is 0.858. The van der Waals surface area contributed by atoms with Gasteiger partial charge in [0.05, 0.1) is 0 Å². The number of carbonyl (C=O) groups excluding carboxylic acids is 1. The number of rotatable bonds is 1. The highest BCUT2D eigenvalue weighted by Crippen LogP contribution is 2.33. The molecule has 1 aromatic rings. The molecule has 5 heteroatoms. The Labute approximate surface area is 120 Å². The molecule has 1 fully saturated rings. The van der Waals surface area contributed by atoms with Crippen LogP contribution in [0.3, 0.4) is 0 Å². The van der Waals surface area contributed by atoms with Gasteiger partial charge in [0.1, 0.15) is 11.2 Å². The number of hydrogen-bond acceptors (Lipinski definition) is 3. The molecule has 0 saturated carbocycles. The minimum atomic E-state index is -0.850. The van der Waals surface area contributed by atoms with Gasteiger partial charge in [0.25, 0.3) is 0 Å². The number of hydrogen-bond donors (Lipinski definition) is 1. The van der Waals surface area contributed by atoms with Crippen molar-refractivity contribution in [2.75, 3.05) is 13.1 Å². The zero-order valence-electron chi connectivity index (χ0n) is 12.7. The first-order valence-electron chi connectivity index (χ1n) is 7.03. The summed E-state index contributed by atoms with van der Waals surface area (Å²) in [6.07, 6.45) is 2.69. The average Bonchev–Trinajstić information content (AvgIpc) is 2.74. The van der Waals surface area contributed by atoms with Crippen LogP contribution in [0.25, 0.3) is 0 Å². The lowest BCUT2D eigenvalue weighted by Gasteiger charge is -2.38. The van der Waals surface area contributed by atoms with E-state index >= 15 is 0 Å². The van der Waals surface area contributed by atoms with Crippen molar-refractivity contribution in [3.05, 3.63) is 24.0 Å². The van der Waals surface area contributed by atoms with Crippen molar-refractivity contribution < 1.29 is 14.6 Å². The molecule has 1 saturated heterocycles. The van der Waals surface area contributed by atoms with Crippen LogP contribution in [0.1, 0.15) is 39.3 Å². The molecule has 1 aromatic heterocycles. The SMILES string of the molecule is Cn1cccc1C1(O)CCN(C(=O)OC(C)(C)C)CC1. The van der Waals surface area contributed by atoms with E-state index in [2.05, 4.69) is 0 Å². The molecule has 20 heavy (non-hydrogen) atoms. The van der Waals surface area contributed by atoms with Gasteiger partial charge in [0.2, 0.25) is 0 Å². The van der Waals surface area contributed by atoms with Crippen molar-refractivity contribution in [1.29, 1.82) is 0 Å². The standard InChI is InChI=1S/C15H24N2O3/c1-14(2,3)20-13(18)17-10-7-15(19,8-11-17)12-6-5-9-16(12)4/h5-6,9,19H,7-8,10-11H2,1-4H3. The third-order valence-corrected chi connectivity index (χ3v) is 3.66. The van der Waals surface area contributed by atoms with Crippen molar-refractivity contribution in [3.8, 4) is 0 Å². The van der Waals surface area contributed by atoms with Gasteiger partial charge in [-0.05, 0) is 45.7 Å². The molecule has 0 radical (unpaired) electrons. The Kier molecular flexibility index (Phi) is 3.82. The highest BCUT2D eigenvalue weighted by molar-refractivity contribution is 5.68. The van der Waals surface area contributed by atoms with E-state index in [9.17, 15) is 9.90 Å². The van der Waals surface area contributed by atoms with Crippen LogP contribution in [0.15, 0.2) is 18.3 Å². The maximum Gasteiger partial charge on any atom is 0.410 e. The summed E-state index contributed by atoms with van der Waals surface area (Å²) in [4.78, 5) is 13.7. The van der Waals surface area contributed by atoms with E-state index in [1.165, 1.54) is 0 Å². The summed E-state index contributed by atoms with van der Waals surface area (Å²) in [6.45, 7) is 6.59. The predicted molar refractivity (Wildman–Crippen MR) is 76.4 cm³/mol. The van der Waals surface area contributed by atoms with Crippen molar-refractivity contribution in [2.24, 2.45) is 7.05 Å². The molecular formula is C15H24N2O3. The number of likely N-dealkylation sites (tertiary alicyclic amines) is 1. The molecule has 112 valence electrons. The van der Waals surface area contributed by atoms with Gasteiger partial charge in [-0.1, -0.05) is 0 Å². The summed E-state index contributed by atoms with van der Waals surface area (Å²) >= 11 is 0. The van der Waals surface area contributed by atoms with E-state index < -0.39 is 11.2 Å². The van der Waals surface area contributed by atoms with E-state index in [0.717, 1.165) is 5.69 Å². The van der Waals surface area contributed by atoms with Crippen LogP contribution in [0, 0.1) is 0 Å². The maximum absolute atomic E-state index is 12.0. The van der Waals surface area contributed by atoms with Gasteiger partial charge < -0.3 is 19.3 Å². The number of ether oxygens (including phenoxy) is 1. The van der Waals surface area contributed by atoms with Gasteiger partial charge in [-0.3, -0.25) is 0 Å². The molecule has 0 aliphatic carbocycles. The molecule has 0 unspecified atom stereocenters. The number of amides is 1. The van der Waals surface area contributed by atoms with E-state index in [1.807, 2.05) is 50.7 Å². The summed E-state index contributed by atoms with van der Waals surface area (Å²) < 4.78 is 7.29. The monoisotopic (exact) mass is 280 g/mol. The van der Waals surface area contributed by atoms with Gasteiger partial charge in [-0.25, -0.2) is 4.79 Å².